The van der Waals surface area contributed by atoms with Crippen LogP contribution in [0.3, 0.4) is 0 Å². The fourth-order valence-corrected chi connectivity index (χ4v) is 4.77. The van der Waals surface area contributed by atoms with E-state index in [1.807, 2.05) is 49.1 Å². The van der Waals surface area contributed by atoms with Gasteiger partial charge in [0.05, 0.1) is 32.2 Å². The summed E-state index contributed by atoms with van der Waals surface area (Å²) in [6, 6.07) is 9.67. The summed E-state index contributed by atoms with van der Waals surface area (Å²) >= 11 is 7.58. The normalized spacial score (nSPS) is 14.4. The Morgan fingerprint density at radius 2 is 1.94 bits per heavy atom. The minimum Gasteiger partial charge on any atom is -0.353 e. The van der Waals surface area contributed by atoms with Gasteiger partial charge in [-0.1, -0.05) is 16.8 Å². The average Bonchev–Trinajstić information content (AvgIpc) is 3.39. The van der Waals surface area contributed by atoms with Crippen molar-refractivity contribution in [2.45, 2.75) is 13.8 Å². The summed E-state index contributed by atoms with van der Waals surface area (Å²) in [4.78, 5) is 28.7. The number of hydrogen-bond donors (Lipinski definition) is 0. The van der Waals surface area contributed by atoms with Crippen molar-refractivity contribution in [2.24, 2.45) is 0 Å². The number of thiophene rings is 1. The van der Waals surface area contributed by atoms with Crippen LogP contribution in [0.4, 0.5) is 5.82 Å². The van der Waals surface area contributed by atoms with Gasteiger partial charge in [-0.05, 0) is 44.2 Å². The lowest BCUT2D eigenvalue weighted by Gasteiger charge is -2.35. The number of amides is 1. The molecule has 1 saturated heterocycles. The quantitative estimate of drug-likeness (QED) is 0.452. The molecule has 1 fully saturated rings. The van der Waals surface area contributed by atoms with E-state index in [-0.39, 0.29) is 5.91 Å². The zero-order valence-corrected chi connectivity index (χ0v) is 18.7. The maximum absolute atomic E-state index is 13.5. The molecule has 31 heavy (non-hydrogen) atoms. The second kappa shape index (κ2) is 7.94. The Morgan fingerprint density at radius 1 is 1.13 bits per heavy atom. The molecule has 4 aromatic heterocycles. The number of piperazine rings is 1. The molecule has 0 aromatic carbocycles. The van der Waals surface area contributed by atoms with Gasteiger partial charge in [0, 0.05) is 37.3 Å². The zero-order chi connectivity index (χ0) is 21.5. The maximum Gasteiger partial charge on any atom is 0.259 e. The van der Waals surface area contributed by atoms with E-state index in [9.17, 15) is 4.79 Å². The molecule has 0 unspecified atom stereocenters. The van der Waals surface area contributed by atoms with E-state index in [1.165, 1.54) is 4.88 Å². The third-order valence-electron chi connectivity index (χ3n) is 5.44. The second-order valence-electron chi connectivity index (χ2n) is 7.53. The summed E-state index contributed by atoms with van der Waals surface area (Å²) in [6.07, 6.45) is 1.64. The molecule has 7 nitrogen and oxygen atoms in total. The number of rotatable bonds is 3. The highest BCUT2D eigenvalue weighted by molar-refractivity contribution is 7.15. The van der Waals surface area contributed by atoms with Gasteiger partial charge in [0.15, 0.2) is 0 Å². The molecule has 0 atom stereocenters. The van der Waals surface area contributed by atoms with Gasteiger partial charge < -0.3 is 14.3 Å². The van der Waals surface area contributed by atoms with Gasteiger partial charge in [-0.15, -0.1) is 11.3 Å². The van der Waals surface area contributed by atoms with Crippen LogP contribution in [-0.2, 0) is 0 Å². The summed E-state index contributed by atoms with van der Waals surface area (Å²) in [5.41, 5.74) is 2.38. The predicted octanol–water partition coefficient (Wildman–Crippen LogP) is 4.58. The van der Waals surface area contributed by atoms with Crippen molar-refractivity contribution in [3.05, 3.63) is 57.7 Å². The zero-order valence-electron chi connectivity index (χ0n) is 17.1. The number of nitrogens with zero attached hydrogens (tertiary/aromatic N) is 5. The monoisotopic (exact) mass is 453 g/mol. The number of carbonyl (C=O) groups is 1. The fraction of sp³-hybridized carbons (Fsp3) is 0.273. The molecule has 0 spiro atoms. The van der Waals surface area contributed by atoms with Crippen molar-refractivity contribution in [2.75, 3.05) is 31.1 Å². The van der Waals surface area contributed by atoms with Crippen LogP contribution in [0.15, 0.2) is 41.1 Å². The van der Waals surface area contributed by atoms with E-state index in [4.69, 9.17) is 16.1 Å². The highest BCUT2D eigenvalue weighted by Crippen LogP contribution is 2.31. The number of aryl methyl sites for hydroxylation is 2. The van der Waals surface area contributed by atoms with Crippen molar-refractivity contribution >= 4 is 45.8 Å². The van der Waals surface area contributed by atoms with Crippen molar-refractivity contribution in [3.8, 4) is 10.6 Å². The minimum atomic E-state index is -0.0306. The Kier molecular flexibility index (Phi) is 5.11. The first-order chi connectivity index (χ1) is 15.0. The summed E-state index contributed by atoms with van der Waals surface area (Å²) in [5.74, 6) is 0.838. The summed E-state index contributed by atoms with van der Waals surface area (Å²) in [6.45, 7) is 6.49. The largest absolute Gasteiger partial charge is 0.353 e. The molecule has 0 aliphatic carbocycles. The maximum atomic E-state index is 13.5. The van der Waals surface area contributed by atoms with E-state index < -0.39 is 0 Å². The molecule has 0 radical (unpaired) electrons. The lowest BCUT2D eigenvalue weighted by atomic mass is 10.1. The molecular weight excluding hydrogens is 434 g/mol. The highest BCUT2D eigenvalue weighted by Gasteiger charge is 2.27. The third-order valence-corrected chi connectivity index (χ3v) is 6.69. The van der Waals surface area contributed by atoms with Crippen LogP contribution >= 0.6 is 22.9 Å². The number of fused-ring (bicyclic) bond motifs is 1. The number of pyridine rings is 2. The molecule has 0 N–H and O–H groups in total. The Hall–Kier alpha value is -2.97. The van der Waals surface area contributed by atoms with E-state index in [2.05, 4.69) is 20.0 Å². The topological polar surface area (TPSA) is 75.4 Å². The molecule has 0 saturated carbocycles. The third kappa shape index (κ3) is 3.77. The van der Waals surface area contributed by atoms with Crippen LogP contribution in [0, 0.1) is 13.8 Å². The van der Waals surface area contributed by atoms with Crippen molar-refractivity contribution < 1.29 is 9.32 Å². The molecular formula is C22H20ClN5O2S. The Morgan fingerprint density at radius 3 is 2.61 bits per heavy atom. The molecule has 9 heteroatoms. The standard InChI is InChI=1S/C22H20ClN5O2S/c1-13-3-5-18(31-13)17-11-16(20-14(2)26-30-21(20)25-17)22(29)28-9-7-27(8-10-28)19-6-4-15(23)12-24-19/h3-6,11-12H,7-10H2,1-2H3. The second-order valence-corrected chi connectivity index (χ2v) is 9.25. The van der Waals surface area contributed by atoms with Crippen molar-refractivity contribution in [3.63, 3.8) is 0 Å². The number of anilines is 1. The van der Waals surface area contributed by atoms with Crippen LogP contribution < -0.4 is 4.90 Å². The van der Waals surface area contributed by atoms with Crippen molar-refractivity contribution in [1.82, 2.24) is 20.0 Å². The first kappa shape index (κ1) is 20.0. The van der Waals surface area contributed by atoms with Gasteiger partial charge in [0.1, 0.15) is 5.82 Å². The van der Waals surface area contributed by atoms with Gasteiger partial charge in [0.25, 0.3) is 11.6 Å². The molecule has 5 rings (SSSR count). The Labute approximate surface area is 188 Å². The van der Waals surface area contributed by atoms with Crippen LogP contribution in [0.2, 0.25) is 5.02 Å². The lowest BCUT2D eigenvalue weighted by molar-refractivity contribution is 0.0748. The predicted molar refractivity (Wildman–Crippen MR) is 122 cm³/mol. The van der Waals surface area contributed by atoms with Gasteiger partial charge in [0.2, 0.25) is 0 Å². The summed E-state index contributed by atoms with van der Waals surface area (Å²) < 4.78 is 5.43. The van der Waals surface area contributed by atoms with E-state index >= 15 is 0 Å². The van der Waals surface area contributed by atoms with Crippen LogP contribution in [-0.4, -0.2) is 52.1 Å². The fourth-order valence-electron chi connectivity index (χ4n) is 3.83. The van der Waals surface area contributed by atoms with Gasteiger partial charge >= 0.3 is 0 Å². The smallest absolute Gasteiger partial charge is 0.259 e. The average molecular weight is 454 g/mol. The highest BCUT2D eigenvalue weighted by atomic mass is 35.5. The lowest BCUT2D eigenvalue weighted by Crippen LogP contribution is -2.49. The van der Waals surface area contributed by atoms with Crippen LogP contribution in [0.5, 0.6) is 0 Å². The van der Waals surface area contributed by atoms with E-state index in [1.54, 1.807) is 17.5 Å². The molecule has 1 aliphatic heterocycles. The van der Waals surface area contributed by atoms with Crippen LogP contribution in [0.1, 0.15) is 20.9 Å². The van der Waals surface area contributed by atoms with E-state index in [0.29, 0.717) is 53.6 Å². The summed E-state index contributed by atoms with van der Waals surface area (Å²) in [5, 5.41) is 5.35. The number of hydrogen-bond acceptors (Lipinski definition) is 7. The van der Waals surface area contributed by atoms with E-state index in [0.717, 1.165) is 16.4 Å². The van der Waals surface area contributed by atoms with Crippen LogP contribution in [0.25, 0.3) is 21.7 Å². The Balaban J connectivity index is 1.43. The van der Waals surface area contributed by atoms with Gasteiger partial charge in [-0.3, -0.25) is 4.79 Å². The minimum absolute atomic E-state index is 0.0306. The molecule has 1 aliphatic rings. The van der Waals surface area contributed by atoms with Crippen molar-refractivity contribution in [1.29, 1.82) is 0 Å². The molecule has 1 amide bonds. The Bertz CT molecular complexity index is 1260. The molecule has 4 aromatic rings. The molecule has 158 valence electrons. The first-order valence-electron chi connectivity index (χ1n) is 9.99. The number of carbonyl (C=O) groups excluding carboxylic acids is 1. The summed E-state index contributed by atoms with van der Waals surface area (Å²) in [7, 11) is 0. The van der Waals surface area contributed by atoms with Gasteiger partial charge in [-0.25, -0.2) is 9.97 Å². The SMILES string of the molecule is Cc1ccc(-c2cc(C(=O)N3CCN(c4ccc(Cl)cn4)CC3)c3c(C)noc3n2)s1. The first-order valence-corrected chi connectivity index (χ1v) is 11.2. The van der Waals surface area contributed by atoms with Gasteiger partial charge in [-0.2, -0.15) is 0 Å². The molecule has 0 bridgehead atoms. The number of aromatic nitrogens is 3. The number of halogens is 1. The molecule has 5 heterocycles.